The predicted octanol–water partition coefficient (Wildman–Crippen LogP) is 4.46. The van der Waals surface area contributed by atoms with Crippen LogP contribution < -0.4 is 0 Å². The maximum absolute atomic E-state index is 12.6. The number of hydrogen-bond acceptors (Lipinski definition) is 2. The van der Waals surface area contributed by atoms with Gasteiger partial charge in [-0.1, -0.05) is 54.6 Å². The number of amides is 1. The third-order valence-electron chi connectivity index (χ3n) is 4.51. The lowest BCUT2D eigenvalue weighted by atomic mass is 9.98. The quantitative estimate of drug-likeness (QED) is 0.816. The molecule has 2 heterocycles. The fraction of sp³-hybridized carbons (Fsp3) is 0.211. The molecule has 22 heavy (non-hydrogen) atoms. The van der Waals surface area contributed by atoms with Crippen molar-refractivity contribution in [1.29, 1.82) is 0 Å². The lowest BCUT2D eigenvalue weighted by molar-refractivity contribution is -0.128. The molecule has 0 aliphatic carbocycles. The van der Waals surface area contributed by atoms with Crippen molar-refractivity contribution >= 4 is 17.7 Å². The zero-order chi connectivity index (χ0) is 15.1. The summed E-state index contributed by atoms with van der Waals surface area (Å²) in [6.07, 6.45) is 1.82. The van der Waals surface area contributed by atoms with E-state index < -0.39 is 0 Å². The van der Waals surface area contributed by atoms with Crippen LogP contribution in [-0.2, 0) is 10.5 Å². The normalized spacial score (nSPS) is 21.1. The smallest absolute Gasteiger partial charge is 0.248 e. The molecule has 110 valence electrons. The van der Waals surface area contributed by atoms with Crippen LogP contribution in [0, 0.1) is 0 Å². The van der Waals surface area contributed by atoms with Crippen molar-refractivity contribution in [3.8, 4) is 0 Å². The molecule has 0 aromatic heterocycles. The van der Waals surface area contributed by atoms with Crippen molar-refractivity contribution < 1.29 is 4.79 Å². The molecule has 2 nitrogen and oxygen atoms in total. The van der Waals surface area contributed by atoms with Crippen LogP contribution in [0.2, 0.25) is 0 Å². The Morgan fingerprint density at radius 1 is 1.09 bits per heavy atom. The number of carbonyl (C=O) groups is 1. The van der Waals surface area contributed by atoms with Gasteiger partial charge in [0.1, 0.15) is 0 Å². The van der Waals surface area contributed by atoms with Crippen LogP contribution in [0.5, 0.6) is 0 Å². The molecule has 0 N–H and O–H groups in total. The SMILES string of the molecule is C[C@@H](c1ccccc1)N1C(=O)C=C2SCc3ccccc3[C@@H]21. The third kappa shape index (κ3) is 2.08. The van der Waals surface area contributed by atoms with E-state index in [1.54, 1.807) is 11.8 Å². The van der Waals surface area contributed by atoms with Crippen molar-refractivity contribution in [3.63, 3.8) is 0 Å². The van der Waals surface area contributed by atoms with E-state index in [2.05, 4.69) is 43.3 Å². The molecular weight excluding hydrogens is 290 g/mol. The van der Waals surface area contributed by atoms with Gasteiger partial charge >= 0.3 is 0 Å². The van der Waals surface area contributed by atoms with Crippen molar-refractivity contribution in [2.45, 2.75) is 24.8 Å². The van der Waals surface area contributed by atoms with Gasteiger partial charge in [-0.05, 0) is 23.6 Å². The summed E-state index contributed by atoms with van der Waals surface area (Å²) in [5.74, 6) is 1.08. The van der Waals surface area contributed by atoms with Gasteiger partial charge in [0.2, 0.25) is 5.91 Å². The summed E-state index contributed by atoms with van der Waals surface area (Å²) >= 11 is 1.80. The van der Waals surface area contributed by atoms with Crippen LogP contribution in [-0.4, -0.2) is 10.8 Å². The number of fused-ring (bicyclic) bond motifs is 3. The summed E-state index contributed by atoms with van der Waals surface area (Å²) in [7, 11) is 0. The average molecular weight is 307 g/mol. The molecule has 3 heteroatoms. The Kier molecular flexibility index (Phi) is 3.30. The second kappa shape index (κ2) is 5.33. The molecular formula is C19H17NOS. The molecule has 0 saturated heterocycles. The lowest BCUT2D eigenvalue weighted by Gasteiger charge is -2.36. The fourth-order valence-electron chi connectivity index (χ4n) is 3.36. The van der Waals surface area contributed by atoms with E-state index in [-0.39, 0.29) is 18.0 Å². The van der Waals surface area contributed by atoms with Crippen molar-refractivity contribution in [3.05, 3.63) is 82.3 Å². The van der Waals surface area contributed by atoms with Gasteiger partial charge in [0.15, 0.2) is 0 Å². The number of rotatable bonds is 2. The summed E-state index contributed by atoms with van der Waals surface area (Å²) in [4.78, 5) is 15.8. The van der Waals surface area contributed by atoms with E-state index in [1.165, 1.54) is 21.6 Å². The molecule has 0 unspecified atom stereocenters. The number of hydrogen-bond donors (Lipinski definition) is 0. The molecule has 2 aliphatic heterocycles. The van der Waals surface area contributed by atoms with Crippen molar-refractivity contribution in [1.82, 2.24) is 4.90 Å². The number of thioether (sulfide) groups is 1. The topological polar surface area (TPSA) is 20.3 Å². The van der Waals surface area contributed by atoms with E-state index >= 15 is 0 Å². The van der Waals surface area contributed by atoms with Crippen LogP contribution in [0.25, 0.3) is 0 Å². The zero-order valence-electron chi connectivity index (χ0n) is 12.4. The Hall–Kier alpha value is -2.00. The zero-order valence-corrected chi connectivity index (χ0v) is 13.2. The first kappa shape index (κ1) is 13.6. The van der Waals surface area contributed by atoms with Crippen LogP contribution in [0.15, 0.2) is 65.6 Å². The highest BCUT2D eigenvalue weighted by molar-refractivity contribution is 8.02. The summed E-state index contributed by atoms with van der Waals surface area (Å²) in [5, 5.41) is 0. The molecule has 0 bridgehead atoms. The van der Waals surface area contributed by atoms with Gasteiger partial charge in [-0.15, -0.1) is 11.8 Å². The Morgan fingerprint density at radius 3 is 2.64 bits per heavy atom. The van der Waals surface area contributed by atoms with Crippen molar-refractivity contribution in [2.75, 3.05) is 0 Å². The van der Waals surface area contributed by atoms with E-state index in [9.17, 15) is 4.79 Å². The fourth-order valence-corrected chi connectivity index (χ4v) is 4.53. The van der Waals surface area contributed by atoms with Crippen LogP contribution in [0.3, 0.4) is 0 Å². The van der Waals surface area contributed by atoms with Crippen LogP contribution >= 0.6 is 11.8 Å². The minimum absolute atomic E-state index is 0.0687. The minimum Gasteiger partial charge on any atom is -0.321 e. The highest BCUT2D eigenvalue weighted by Crippen LogP contribution is 2.49. The maximum atomic E-state index is 12.6. The maximum Gasteiger partial charge on any atom is 0.248 e. The van der Waals surface area contributed by atoms with E-state index in [1.807, 2.05) is 29.2 Å². The van der Waals surface area contributed by atoms with Gasteiger partial charge in [-0.25, -0.2) is 0 Å². The molecule has 0 spiro atoms. The van der Waals surface area contributed by atoms with Crippen molar-refractivity contribution in [2.24, 2.45) is 0 Å². The summed E-state index contributed by atoms with van der Waals surface area (Å²) in [6.45, 7) is 2.12. The van der Waals surface area contributed by atoms with Crippen LogP contribution in [0.4, 0.5) is 0 Å². The van der Waals surface area contributed by atoms with Gasteiger partial charge < -0.3 is 4.90 Å². The molecule has 0 fully saturated rings. The molecule has 2 aliphatic rings. The number of nitrogens with zero attached hydrogens (tertiary/aromatic N) is 1. The molecule has 4 rings (SSSR count). The van der Waals surface area contributed by atoms with Gasteiger partial charge in [0, 0.05) is 16.7 Å². The summed E-state index contributed by atoms with van der Waals surface area (Å²) < 4.78 is 0. The lowest BCUT2D eigenvalue weighted by Crippen LogP contribution is -2.33. The van der Waals surface area contributed by atoms with E-state index in [0.717, 1.165) is 5.75 Å². The number of benzene rings is 2. The molecule has 1 amide bonds. The molecule has 0 saturated carbocycles. The Bertz CT molecular complexity index is 753. The summed E-state index contributed by atoms with van der Waals surface area (Å²) in [5.41, 5.74) is 3.80. The predicted molar refractivity (Wildman–Crippen MR) is 90.3 cm³/mol. The molecule has 2 aromatic rings. The van der Waals surface area contributed by atoms with Gasteiger partial charge in [-0.3, -0.25) is 4.79 Å². The van der Waals surface area contributed by atoms with Gasteiger partial charge in [0.05, 0.1) is 12.1 Å². The van der Waals surface area contributed by atoms with Gasteiger partial charge in [0.25, 0.3) is 0 Å². The average Bonchev–Trinajstić information content (AvgIpc) is 2.91. The Balaban J connectivity index is 1.77. The monoisotopic (exact) mass is 307 g/mol. The highest BCUT2D eigenvalue weighted by atomic mass is 32.2. The second-order valence-electron chi connectivity index (χ2n) is 5.77. The minimum atomic E-state index is 0.0687. The summed E-state index contributed by atoms with van der Waals surface area (Å²) in [6, 6.07) is 18.9. The first-order chi connectivity index (χ1) is 10.8. The van der Waals surface area contributed by atoms with E-state index in [0.29, 0.717) is 0 Å². The first-order valence-electron chi connectivity index (χ1n) is 7.55. The Morgan fingerprint density at radius 2 is 1.82 bits per heavy atom. The standard InChI is InChI=1S/C19H17NOS/c1-13(14-7-3-2-4-8-14)20-18(21)11-17-19(20)16-10-6-5-9-15(16)12-22-17/h2-11,13,19H,12H2,1H3/t13-,19-/m0/s1. The largest absolute Gasteiger partial charge is 0.321 e. The van der Waals surface area contributed by atoms with Gasteiger partial charge in [-0.2, -0.15) is 0 Å². The second-order valence-corrected chi connectivity index (χ2v) is 6.82. The molecule has 2 atom stereocenters. The molecule has 0 radical (unpaired) electrons. The number of carbonyl (C=O) groups excluding carboxylic acids is 1. The van der Waals surface area contributed by atoms with Crippen LogP contribution in [0.1, 0.15) is 35.7 Å². The first-order valence-corrected chi connectivity index (χ1v) is 8.53. The highest BCUT2D eigenvalue weighted by Gasteiger charge is 2.40. The third-order valence-corrected chi connectivity index (χ3v) is 5.64. The molecule has 2 aromatic carbocycles. The Labute approximate surface area is 134 Å². The van der Waals surface area contributed by atoms with E-state index in [4.69, 9.17) is 0 Å².